The van der Waals surface area contributed by atoms with Gasteiger partial charge in [0, 0.05) is 17.1 Å². The summed E-state index contributed by atoms with van der Waals surface area (Å²) in [5, 5.41) is 12.7. The minimum absolute atomic E-state index is 0.0832. The van der Waals surface area contributed by atoms with Crippen LogP contribution in [0.4, 0.5) is 21.5 Å². The number of fused-ring (bicyclic) bond motifs is 2. The van der Waals surface area contributed by atoms with Gasteiger partial charge in [-0.2, -0.15) is 0 Å². The first kappa shape index (κ1) is 40.4. The zero-order chi connectivity index (χ0) is 45.4. The van der Waals surface area contributed by atoms with Gasteiger partial charge in [-0.25, -0.2) is 4.39 Å². The highest BCUT2D eigenvalue weighted by molar-refractivity contribution is 6.25. The molecule has 12 aromatic carbocycles. The molecule has 0 heterocycles. The van der Waals surface area contributed by atoms with Crippen LogP contribution in [0.1, 0.15) is 31.9 Å². The molecule has 0 aliphatic carbocycles. The topological polar surface area (TPSA) is 3.24 Å². The van der Waals surface area contributed by atoms with E-state index in [4.69, 9.17) is 0 Å². The summed E-state index contributed by atoms with van der Waals surface area (Å²) in [5.74, 6) is -0.253. The minimum Gasteiger partial charge on any atom is -0.311 e. The van der Waals surface area contributed by atoms with Crippen molar-refractivity contribution in [2.24, 2.45) is 0 Å². The van der Waals surface area contributed by atoms with Crippen LogP contribution in [-0.4, -0.2) is 0 Å². The van der Waals surface area contributed by atoms with E-state index >= 15 is 0 Å². The summed E-state index contributed by atoms with van der Waals surface area (Å²) in [6.07, 6.45) is 0. The second-order valence-corrected chi connectivity index (χ2v) is 19.1. The molecule has 0 spiro atoms. The zero-order valence-electron chi connectivity index (χ0n) is 38.1. The maximum atomic E-state index is 14.2. The molecule has 12 rings (SSSR count). The van der Waals surface area contributed by atoms with Crippen molar-refractivity contribution in [2.45, 2.75) is 33.1 Å². The second-order valence-electron chi connectivity index (χ2n) is 19.1. The largest absolute Gasteiger partial charge is 0.311 e. The van der Waals surface area contributed by atoms with Gasteiger partial charge in [0.2, 0.25) is 0 Å². The maximum absolute atomic E-state index is 14.2. The smallest absolute Gasteiger partial charge is 0.123 e. The van der Waals surface area contributed by atoms with Gasteiger partial charge in [0.05, 0.1) is 0 Å². The predicted octanol–water partition coefficient (Wildman–Crippen LogP) is 18.8. The first-order valence-corrected chi connectivity index (χ1v) is 23.3. The molecule has 2 heteroatoms. The van der Waals surface area contributed by atoms with Gasteiger partial charge in [0.15, 0.2) is 0 Å². The fourth-order valence-electron chi connectivity index (χ4n) is 10.5. The van der Waals surface area contributed by atoms with E-state index in [1.807, 2.05) is 12.1 Å². The molecule has 0 saturated heterocycles. The van der Waals surface area contributed by atoms with Crippen LogP contribution in [0.5, 0.6) is 0 Å². The Hall–Kier alpha value is -8.07. The van der Waals surface area contributed by atoms with E-state index < -0.39 is 0 Å². The van der Waals surface area contributed by atoms with E-state index in [1.54, 1.807) is 0 Å². The third-order valence-electron chi connectivity index (χ3n) is 13.9. The Morgan fingerprint density at radius 3 is 1.40 bits per heavy atom. The fraction of sp³-hybridized carbons (Fsp3) is 0.0769. The van der Waals surface area contributed by atoms with E-state index in [2.05, 4.69) is 227 Å². The zero-order valence-corrected chi connectivity index (χ0v) is 38.1. The van der Waals surface area contributed by atoms with Gasteiger partial charge in [-0.15, -0.1) is 0 Å². The Labute approximate surface area is 391 Å². The van der Waals surface area contributed by atoms with Crippen molar-refractivity contribution in [3.8, 4) is 44.5 Å². The first-order chi connectivity index (χ1) is 32.7. The quantitative estimate of drug-likeness (QED) is 0.114. The predicted molar refractivity (Wildman–Crippen MR) is 285 cm³/mol. The second kappa shape index (κ2) is 15.8. The molecule has 320 valence electrons. The molecule has 0 aromatic heterocycles. The molecule has 0 aliphatic rings. The van der Waals surface area contributed by atoms with E-state index in [0.29, 0.717) is 0 Å². The van der Waals surface area contributed by atoms with Gasteiger partial charge in [-0.05, 0) is 171 Å². The summed E-state index contributed by atoms with van der Waals surface area (Å²) in [5.41, 5.74) is 15.0. The summed E-state index contributed by atoms with van der Waals surface area (Å²) < 4.78 is 14.2. The number of aryl methyl sites for hydroxylation is 1. The van der Waals surface area contributed by atoms with Crippen LogP contribution in [0.25, 0.3) is 98.4 Å². The molecule has 0 radical (unpaired) electrons. The number of rotatable bonds is 7. The standard InChI is InChI=1S/C65H48FN/c1-41-16-30-52(31-17-41)67(54-34-28-51(66)29-35-54)53-32-24-46(25-33-53)62-56-12-5-7-14-58(56)63(59-15-8-6-13-57(59)62)49-38-48(39-50(40-49)65(2,3)4)42-18-20-43(21-19-42)55-36-26-47-23-22-44-10-9-11-45-27-37-60(55)64(47)61(44)45/h5-40H,1-4H3. The van der Waals surface area contributed by atoms with Crippen LogP contribution in [-0.2, 0) is 5.41 Å². The average molecular weight is 862 g/mol. The monoisotopic (exact) mass is 861 g/mol. The van der Waals surface area contributed by atoms with Gasteiger partial charge in [-0.3, -0.25) is 0 Å². The van der Waals surface area contributed by atoms with Crippen LogP contribution in [0, 0.1) is 12.7 Å². The molecular weight excluding hydrogens is 814 g/mol. The minimum atomic E-state index is -0.253. The van der Waals surface area contributed by atoms with Crippen LogP contribution in [0.15, 0.2) is 218 Å². The highest BCUT2D eigenvalue weighted by Crippen LogP contribution is 2.47. The number of halogens is 1. The lowest BCUT2D eigenvalue weighted by Gasteiger charge is -2.26. The number of hydrogen-bond donors (Lipinski definition) is 0. The molecule has 67 heavy (non-hydrogen) atoms. The number of nitrogens with zero attached hydrogens (tertiary/aromatic N) is 1. The summed E-state index contributed by atoms with van der Waals surface area (Å²) >= 11 is 0. The lowest BCUT2D eigenvalue weighted by atomic mass is 9.81. The van der Waals surface area contributed by atoms with Crippen LogP contribution in [0.3, 0.4) is 0 Å². The summed E-state index contributed by atoms with van der Waals surface area (Å²) in [6, 6.07) is 78.5. The summed E-state index contributed by atoms with van der Waals surface area (Å²) in [7, 11) is 0. The molecule has 0 N–H and O–H groups in total. The highest BCUT2D eigenvalue weighted by Gasteiger charge is 2.22. The van der Waals surface area contributed by atoms with Crippen molar-refractivity contribution < 1.29 is 4.39 Å². The van der Waals surface area contributed by atoms with Crippen LogP contribution >= 0.6 is 0 Å². The Kier molecular flexibility index (Phi) is 9.55. The molecule has 12 aromatic rings. The van der Waals surface area contributed by atoms with E-state index in [9.17, 15) is 4.39 Å². The Bertz CT molecular complexity index is 3700. The molecule has 0 fully saturated rings. The number of hydrogen-bond acceptors (Lipinski definition) is 1. The third kappa shape index (κ3) is 7.00. The van der Waals surface area contributed by atoms with Gasteiger partial charge in [0.1, 0.15) is 5.82 Å². The maximum Gasteiger partial charge on any atom is 0.123 e. The van der Waals surface area contributed by atoms with Crippen molar-refractivity contribution >= 4 is 70.9 Å². The Balaban J connectivity index is 0.976. The van der Waals surface area contributed by atoms with Gasteiger partial charge < -0.3 is 4.90 Å². The van der Waals surface area contributed by atoms with E-state index in [0.717, 1.165) is 22.6 Å². The average Bonchev–Trinajstić information content (AvgIpc) is 3.36. The van der Waals surface area contributed by atoms with Gasteiger partial charge >= 0.3 is 0 Å². The highest BCUT2D eigenvalue weighted by atomic mass is 19.1. The molecule has 0 atom stereocenters. The molecule has 0 amide bonds. The molecule has 0 saturated carbocycles. The summed E-state index contributed by atoms with van der Waals surface area (Å²) in [6.45, 7) is 9.03. The van der Waals surface area contributed by atoms with Crippen molar-refractivity contribution in [1.82, 2.24) is 0 Å². The molecule has 0 aliphatic heterocycles. The first-order valence-electron chi connectivity index (χ1n) is 23.3. The Morgan fingerprint density at radius 2 is 0.821 bits per heavy atom. The van der Waals surface area contributed by atoms with Crippen LogP contribution < -0.4 is 4.90 Å². The van der Waals surface area contributed by atoms with E-state index in [-0.39, 0.29) is 11.2 Å². The fourth-order valence-corrected chi connectivity index (χ4v) is 10.5. The third-order valence-corrected chi connectivity index (χ3v) is 13.9. The van der Waals surface area contributed by atoms with Gasteiger partial charge in [0.25, 0.3) is 0 Å². The van der Waals surface area contributed by atoms with Crippen molar-refractivity contribution in [1.29, 1.82) is 0 Å². The lowest BCUT2D eigenvalue weighted by Crippen LogP contribution is -2.11. The Morgan fingerprint density at radius 1 is 0.358 bits per heavy atom. The molecular formula is C65H48FN. The molecule has 0 unspecified atom stereocenters. The van der Waals surface area contributed by atoms with E-state index in [1.165, 1.54) is 116 Å². The van der Waals surface area contributed by atoms with Crippen molar-refractivity contribution in [2.75, 3.05) is 4.90 Å². The van der Waals surface area contributed by atoms with Gasteiger partial charge in [-0.1, -0.05) is 190 Å². The van der Waals surface area contributed by atoms with Crippen molar-refractivity contribution in [3.05, 3.63) is 235 Å². The van der Waals surface area contributed by atoms with Crippen LogP contribution in [0.2, 0.25) is 0 Å². The molecule has 1 nitrogen and oxygen atoms in total. The number of anilines is 3. The van der Waals surface area contributed by atoms with Crippen molar-refractivity contribution in [3.63, 3.8) is 0 Å². The lowest BCUT2D eigenvalue weighted by molar-refractivity contribution is 0.591. The molecule has 0 bridgehead atoms. The summed E-state index contributed by atoms with van der Waals surface area (Å²) in [4.78, 5) is 2.18. The normalized spacial score (nSPS) is 12.0. The number of benzene rings is 12. The SMILES string of the molecule is Cc1ccc(N(c2ccc(F)cc2)c2ccc(-c3c4ccccc4c(-c4cc(-c5ccc(-c6ccc7ccc8cccc9ccc6c7c89)cc5)cc(C(C)(C)C)c4)c4ccccc34)cc2)cc1.